The molecular formula is C21H17FN2OS2. The number of nitrogens with zero attached hydrogens (tertiary/aromatic N) is 2. The van der Waals surface area contributed by atoms with Gasteiger partial charge in [-0.15, -0.1) is 0 Å². The average molecular weight is 397 g/mol. The van der Waals surface area contributed by atoms with Crippen LogP contribution in [0, 0.1) is 5.82 Å². The Morgan fingerprint density at radius 3 is 2.59 bits per heavy atom. The molecule has 4 rings (SSSR count). The molecule has 0 bridgehead atoms. The number of hydrogen-bond acceptors (Lipinski definition) is 3. The molecule has 0 unspecified atom stereocenters. The number of carbonyl (C=O) groups is 1. The van der Waals surface area contributed by atoms with Gasteiger partial charge in [0.05, 0.1) is 4.91 Å². The molecule has 0 atom stereocenters. The largest absolute Gasteiger partial charge is 0.342 e. The van der Waals surface area contributed by atoms with Crippen LogP contribution in [0.5, 0.6) is 0 Å². The molecule has 1 aliphatic rings. The maximum absolute atomic E-state index is 13.2. The van der Waals surface area contributed by atoms with E-state index in [1.54, 1.807) is 17.0 Å². The minimum absolute atomic E-state index is 0.0390. The SMILES string of the molecule is CCN1C(=O)/C(=C/c2cn(Cc3ccc(F)cc3)c3ccccc23)SC1=S. The van der Waals surface area contributed by atoms with Gasteiger partial charge in [-0.3, -0.25) is 9.69 Å². The highest BCUT2D eigenvalue weighted by Crippen LogP contribution is 2.34. The van der Waals surface area contributed by atoms with Crippen LogP contribution in [0.25, 0.3) is 17.0 Å². The van der Waals surface area contributed by atoms with Crippen molar-refractivity contribution in [2.24, 2.45) is 0 Å². The third-order valence-electron chi connectivity index (χ3n) is 4.56. The Kier molecular flexibility index (Phi) is 4.85. The zero-order valence-electron chi connectivity index (χ0n) is 14.7. The van der Waals surface area contributed by atoms with Gasteiger partial charge < -0.3 is 4.57 Å². The van der Waals surface area contributed by atoms with Gasteiger partial charge in [0.1, 0.15) is 10.1 Å². The summed E-state index contributed by atoms with van der Waals surface area (Å²) in [4.78, 5) is 14.8. The molecular weight excluding hydrogens is 379 g/mol. The maximum Gasteiger partial charge on any atom is 0.266 e. The van der Waals surface area contributed by atoms with Gasteiger partial charge in [-0.2, -0.15) is 0 Å². The monoisotopic (exact) mass is 396 g/mol. The lowest BCUT2D eigenvalue weighted by Crippen LogP contribution is -2.27. The Morgan fingerprint density at radius 2 is 1.89 bits per heavy atom. The Labute approximate surface area is 166 Å². The molecule has 3 nitrogen and oxygen atoms in total. The molecule has 0 N–H and O–H groups in total. The Hall–Kier alpha value is -2.44. The fraction of sp³-hybridized carbons (Fsp3) is 0.143. The smallest absolute Gasteiger partial charge is 0.266 e. The number of halogens is 1. The van der Waals surface area contributed by atoms with Crippen molar-refractivity contribution in [1.29, 1.82) is 0 Å². The first kappa shape index (κ1) is 17.9. The first-order valence-electron chi connectivity index (χ1n) is 8.64. The van der Waals surface area contributed by atoms with Crippen molar-refractivity contribution in [2.45, 2.75) is 13.5 Å². The predicted molar refractivity (Wildman–Crippen MR) is 113 cm³/mol. The number of thiocarbonyl (C=S) groups is 1. The van der Waals surface area contributed by atoms with Crippen molar-refractivity contribution < 1.29 is 9.18 Å². The zero-order valence-corrected chi connectivity index (χ0v) is 16.3. The summed E-state index contributed by atoms with van der Waals surface area (Å²) < 4.78 is 15.9. The van der Waals surface area contributed by atoms with Crippen LogP contribution in [-0.2, 0) is 11.3 Å². The van der Waals surface area contributed by atoms with Crippen LogP contribution in [-0.4, -0.2) is 26.2 Å². The molecule has 0 spiro atoms. The summed E-state index contributed by atoms with van der Waals surface area (Å²) in [6.07, 6.45) is 3.95. The van der Waals surface area contributed by atoms with E-state index in [2.05, 4.69) is 4.57 Å². The molecule has 136 valence electrons. The lowest BCUT2D eigenvalue weighted by atomic mass is 10.1. The second-order valence-corrected chi connectivity index (χ2v) is 7.96. The van der Waals surface area contributed by atoms with E-state index in [1.807, 2.05) is 43.5 Å². The molecule has 0 aliphatic carbocycles. The Morgan fingerprint density at radius 1 is 1.15 bits per heavy atom. The Bertz CT molecular complexity index is 1070. The molecule has 1 saturated heterocycles. The molecule has 2 aromatic carbocycles. The highest BCUT2D eigenvalue weighted by atomic mass is 32.2. The molecule has 0 radical (unpaired) electrons. The van der Waals surface area contributed by atoms with E-state index < -0.39 is 0 Å². The third kappa shape index (κ3) is 3.42. The van der Waals surface area contributed by atoms with E-state index >= 15 is 0 Å². The van der Waals surface area contributed by atoms with E-state index in [0.717, 1.165) is 22.0 Å². The highest BCUT2D eigenvalue weighted by Gasteiger charge is 2.30. The second-order valence-electron chi connectivity index (χ2n) is 6.28. The van der Waals surface area contributed by atoms with Crippen LogP contribution in [0.4, 0.5) is 4.39 Å². The van der Waals surface area contributed by atoms with Gasteiger partial charge in [-0.1, -0.05) is 54.3 Å². The van der Waals surface area contributed by atoms with Gasteiger partial charge >= 0.3 is 0 Å². The summed E-state index contributed by atoms with van der Waals surface area (Å²) in [5, 5.41) is 1.07. The number of fused-ring (bicyclic) bond motifs is 1. The second kappa shape index (κ2) is 7.29. The van der Waals surface area contributed by atoms with Gasteiger partial charge in [0.2, 0.25) is 0 Å². The maximum atomic E-state index is 13.2. The number of aromatic nitrogens is 1. The van der Waals surface area contributed by atoms with E-state index in [-0.39, 0.29) is 11.7 Å². The molecule has 0 saturated carbocycles. The van der Waals surface area contributed by atoms with E-state index in [4.69, 9.17) is 12.2 Å². The lowest BCUT2D eigenvalue weighted by Gasteiger charge is -2.09. The van der Waals surface area contributed by atoms with Crippen molar-refractivity contribution in [3.8, 4) is 0 Å². The highest BCUT2D eigenvalue weighted by molar-refractivity contribution is 8.26. The van der Waals surface area contributed by atoms with Gasteiger partial charge in [-0.25, -0.2) is 4.39 Å². The topological polar surface area (TPSA) is 25.2 Å². The number of benzene rings is 2. The molecule has 1 fully saturated rings. The summed E-state index contributed by atoms with van der Waals surface area (Å²) in [6.45, 7) is 3.13. The molecule has 1 aliphatic heterocycles. The van der Waals surface area contributed by atoms with Crippen LogP contribution >= 0.6 is 24.0 Å². The van der Waals surface area contributed by atoms with Crippen molar-refractivity contribution in [1.82, 2.24) is 9.47 Å². The molecule has 6 heteroatoms. The number of carbonyl (C=O) groups excluding carboxylic acids is 1. The summed E-state index contributed by atoms with van der Waals surface area (Å²) in [6, 6.07) is 14.6. The van der Waals surface area contributed by atoms with Gasteiger partial charge in [0.15, 0.2) is 0 Å². The quantitative estimate of drug-likeness (QED) is 0.456. The zero-order chi connectivity index (χ0) is 19.0. The normalized spacial score (nSPS) is 16.1. The van der Waals surface area contributed by atoms with Crippen molar-refractivity contribution >= 4 is 51.2 Å². The lowest BCUT2D eigenvalue weighted by molar-refractivity contribution is -0.121. The van der Waals surface area contributed by atoms with E-state index in [1.165, 1.54) is 23.9 Å². The Balaban J connectivity index is 1.74. The first-order chi connectivity index (χ1) is 13.1. The van der Waals surface area contributed by atoms with Gasteiger partial charge in [0.25, 0.3) is 5.91 Å². The summed E-state index contributed by atoms with van der Waals surface area (Å²) in [7, 11) is 0. The van der Waals surface area contributed by atoms with Crippen LogP contribution < -0.4 is 0 Å². The number of para-hydroxylation sites is 1. The van der Waals surface area contributed by atoms with E-state index in [9.17, 15) is 9.18 Å². The molecule has 27 heavy (non-hydrogen) atoms. The van der Waals surface area contributed by atoms with Crippen molar-refractivity contribution in [3.05, 3.63) is 76.6 Å². The number of thioether (sulfide) groups is 1. The third-order valence-corrected chi connectivity index (χ3v) is 5.94. The van der Waals surface area contributed by atoms with Crippen LogP contribution in [0.15, 0.2) is 59.6 Å². The molecule has 1 amide bonds. The number of amides is 1. The standard InChI is InChI=1S/C21H17FN2OS2/c1-2-24-20(25)19(27-21(24)26)11-15-13-23(18-6-4-3-5-17(15)18)12-14-7-9-16(22)10-8-14/h3-11,13H,2,12H2,1H3/b19-11-. The number of hydrogen-bond donors (Lipinski definition) is 0. The number of likely N-dealkylation sites (N-methyl/N-ethyl adjacent to an activating group) is 1. The fourth-order valence-electron chi connectivity index (χ4n) is 3.22. The summed E-state index contributed by atoms with van der Waals surface area (Å²) in [5.74, 6) is -0.280. The minimum atomic E-state index is -0.241. The summed E-state index contributed by atoms with van der Waals surface area (Å²) >= 11 is 6.64. The van der Waals surface area contributed by atoms with Crippen molar-refractivity contribution in [3.63, 3.8) is 0 Å². The first-order valence-corrected chi connectivity index (χ1v) is 9.87. The van der Waals surface area contributed by atoms with Gasteiger partial charge in [-0.05, 0) is 36.8 Å². The molecule has 3 aromatic rings. The van der Waals surface area contributed by atoms with E-state index in [0.29, 0.717) is 22.3 Å². The summed E-state index contributed by atoms with van der Waals surface area (Å²) in [5.41, 5.74) is 3.06. The molecule has 2 heterocycles. The molecule has 1 aromatic heterocycles. The fourth-order valence-corrected chi connectivity index (χ4v) is 4.60. The van der Waals surface area contributed by atoms with Crippen molar-refractivity contribution in [2.75, 3.05) is 6.54 Å². The average Bonchev–Trinajstić information content (AvgIpc) is 3.14. The van der Waals surface area contributed by atoms with Gasteiger partial charge in [0, 0.05) is 35.8 Å². The van der Waals surface area contributed by atoms with Crippen LogP contribution in [0.3, 0.4) is 0 Å². The predicted octanol–water partition coefficient (Wildman–Crippen LogP) is 5.05. The number of rotatable bonds is 4. The van der Waals surface area contributed by atoms with Crippen LogP contribution in [0.2, 0.25) is 0 Å². The minimum Gasteiger partial charge on any atom is -0.342 e. The van der Waals surface area contributed by atoms with Crippen LogP contribution in [0.1, 0.15) is 18.1 Å².